The summed E-state index contributed by atoms with van der Waals surface area (Å²) in [5.41, 5.74) is 0.140. The highest BCUT2D eigenvalue weighted by Gasteiger charge is 2.31. The highest BCUT2D eigenvalue weighted by Crippen LogP contribution is 2.43. The van der Waals surface area contributed by atoms with Crippen LogP contribution in [0.15, 0.2) is 65.3 Å². The van der Waals surface area contributed by atoms with E-state index in [9.17, 15) is 17.6 Å². The molecule has 1 aliphatic heterocycles. The van der Waals surface area contributed by atoms with Crippen molar-refractivity contribution in [3.63, 3.8) is 0 Å². The van der Waals surface area contributed by atoms with E-state index in [1.54, 1.807) is 30.3 Å². The minimum Gasteiger partial charge on any atom is -0.487 e. The topological polar surface area (TPSA) is 12.5 Å². The third-order valence-electron chi connectivity index (χ3n) is 4.43. The minimum absolute atomic E-state index is 0.0896. The third-order valence-corrected chi connectivity index (χ3v) is 5.12. The first-order chi connectivity index (χ1) is 15.7. The van der Waals surface area contributed by atoms with Gasteiger partial charge in [0.1, 0.15) is 24.0 Å². The van der Waals surface area contributed by atoms with Gasteiger partial charge in [0, 0.05) is 27.9 Å². The molecule has 2 aromatic rings. The summed E-state index contributed by atoms with van der Waals surface area (Å²) < 4.78 is 86.6. The van der Waals surface area contributed by atoms with Crippen molar-refractivity contribution in [2.75, 3.05) is 13.2 Å². The normalized spacial score (nSPS) is 13.8. The van der Waals surface area contributed by atoms with Gasteiger partial charge in [0.15, 0.2) is 0 Å². The van der Waals surface area contributed by atoms with E-state index >= 15 is 8.78 Å². The predicted octanol–water partition coefficient (Wildman–Crippen LogP) is 7.88. The molecule has 0 unspecified atom stereocenters. The van der Waals surface area contributed by atoms with Crippen LogP contribution >= 0.6 is 15.9 Å². The molecule has 0 amide bonds. The van der Waals surface area contributed by atoms with Crippen molar-refractivity contribution in [2.45, 2.75) is 26.7 Å². The molecule has 2 nitrogen and oxygen atoms in total. The molecule has 3 rings (SSSR count). The molecule has 0 N–H and O–H groups in total. The van der Waals surface area contributed by atoms with Gasteiger partial charge in [-0.15, -0.1) is 0 Å². The Morgan fingerprint density at radius 1 is 0.970 bits per heavy atom. The van der Waals surface area contributed by atoms with Crippen LogP contribution in [0.3, 0.4) is 0 Å². The number of hydrogen-bond donors (Lipinski definition) is 0. The van der Waals surface area contributed by atoms with Gasteiger partial charge in [0.25, 0.3) is 12.9 Å². The largest absolute Gasteiger partial charge is 0.487 e. The van der Waals surface area contributed by atoms with Crippen molar-refractivity contribution in [1.29, 1.82) is 0 Å². The number of halogens is 7. The summed E-state index contributed by atoms with van der Waals surface area (Å²) in [6.07, 6.45) is -4.12. The van der Waals surface area contributed by atoms with Gasteiger partial charge in [-0.3, -0.25) is 0 Å². The Bertz CT molecular complexity index is 1010. The molecule has 0 aliphatic carbocycles. The Morgan fingerprint density at radius 2 is 1.55 bits per heavy atom. The van der Waals surface area contributed by atoms with Gasteiger partial charge < -0.3 is 9.64 Å². The number of allylic oxidation sites excluding steroid dienone is 3. The van der Waals surface area contributed by atoms with Crippen LogP contribution in [0.4, 0.5) is 26.3 Å². The van der Waals surface area contributed by atoms with Crippen LogP contribution in [0, 0.1) is 11.6 Å². The highest BCUT2D eigenvalue weighted by molar-refractivity contribution is 9.12. The molecule has 0 fully saturated rings. The second-order valence-electron chi connectivity index (χ2n) is 6.53. The fourth-order valence-electron chi connectivity index (χ4n) is 3.15. The van der Waals surface area contributed by atoms with E-state index < -0.39 is 48.9 Å². The lowest BCUT2D eigenvalue weighted by Gasteiger charge is -2.34. The molecule has 2 aromatic carbocycles. The van der Waals surface area contributed by atoms with Crippen molar-refractivity contribution < 1.29 is 31.1 Å². The molecule has 33 heavy (non-hydrogen) atoms. The first-order valence-electron chi connectivity index (χ1n) is 10.0. The molecular weight excluding hydrogens is 512 g/mol. The fraction of sp³-hybridized carbons (Fsp3) is 0.250. The SMILES string of the molecule is C=C1C(Br)=CC(c2ccccc2)=C(c2c(F)cc(OCC(F)F)cc2F)N1CC(F)F.CC. The number of hydrogen-bond acceptors (Lipinski definition) is 2. The summed E-state index contributed by atoms with van der Waals surface area (Å²) in [5.74, 6) is -2.73. The Morgan fingerprint density at radius 3 is 2.06 bits per heavy atom. The summed E-state index contributed by atoms with van der Waals surface area (Å²) >= 11 is 3.27. The van der Waals surface area contributed by atoms with Gasteiger partial charge in [-0.05, 0) is 27.6 Å². The lowest BCUT2D eigenvalue weighted by atomic mass is 9.94. The predicted molar refractivity (Wildman–Crippen MR) is 121 cm³/mol. The maximum atomic E-state index is 15.0. The number of nitrogens with zero attached hydrogens (tertiary/aromatic N) is 1. The van der Waals surface area contributed by atoms with Crippen LogP contribution in [-0.2, 0) is 0 Å². The molecule has 0 saturated heterocycles. The van der Waals surface area contributed by atoms with Crippen LogP contribution in [0.5, 0.6) is 5.75 Å². The average Bonchev–Trinajstić information content (AvgIpc) is 2.78. The molecular formula is C24H22BrF6NO. The lowest BCUT2D eigenvalue weighted by molar-refractivity contribution is 0.0815. The molecule has 1 aliphatic rings. The molecule has 0 saturated carbocycles. The number of alkyl halides is 4. The van der Waals surface area contributed by atoms with Crippen molar-refractivity contribution >= 4 is 27.2 Å². The van der Waals surface area contributed by atoms with E-state index in [1.807, 2.05) is 13.8 Å². The number of benzene rings is 2. The first kappa shape index (κ1) is 26.6. The van der Waals surface area contributed by atoms with Crippen LogP contribution in [0.2, 0.25) is 0 Å². The van der Waals surface area contributed by atoms with Crippen LogP contribution < -0.4 is 4.74 Å². The molecule has 0 bridgehead atoms. The van der Waals surface area contributed by atoms with Gasteiger partial charge >= 0.3 is 0 Å². The van der Waals surface area contributed by atoms with Crippen molar-refractivity contribution in [3.05, 3.63) is 88.1 Å². The van der Waals surface area contributed by atoms with E-state index in [2.05, 4.69) is 22.5 Å². The van der Waals surface area contributed by atoms with E-state index in [0.29, 0.717) is 10.0 Å². The van der Waals surface area contributed by atoms with Crippen molar-refractivity contribution in [2.24, 2.45) is 0 Å². The smallest absolute Gasteiger partial charge is 0.272 e. The van der Waals surface area contributed by atoms with Crippen LogP contribution in [0.1, 0.15) is 25.0 Å². The zero-order valence-electron chi connectivity index (χ0n) is 17.9. The van der Waals surface area contributed by atoms with Gasteiger partial charge in [-0.25, -0.2) is 26.3 Å². The van der Waals surface area contributed by atoms with E-state index in [0.717, 1.165) is 17.0 Å². The Balaban J connectivity index is 0.00000187. The zero-order valence-corrected chi connectivity index (χ0v) is 19.5. The fourth-order valence-corrected chi connectivity index (χ4v) is 3.60. The summed E-state index contributed by atoms with van der Waals surface area (Å²) in [7, 11) is 0. The maximum absolute atomic E-state index is 15.0. The number of ether oxygens (including phenoxy) is 1. The Hall–Kier alpha value is -2.68. The number of rotatable bonds is 7. The van der Waals surface area contributed by atoms with Crippen molar-refractivity contribution in [1.82, 2.24) is 4.90 Å². The monoisotopic (exact) mass is 533 g/mol. The molecule has 0 spiro atoms. The molecule has 0 radical (unpaired) electrons. The third kappa shape index (κ3) is 6.43. The lowest BCUT2D eigenvalue weighted by Crippen LogP contribution is -2.30. The van der Waals surface area contributed by atoms with Gasteiger partial charge in [-0.1, -0.05) is 50.8 Å². The second-order valence-corrected chi connectivity index (χ2v) is 7.39. The van der Waals surface area contributed by atoms with E-state index in [1.165, 1.54) is 6.08 Å². The first-order valence-corrected chi connectivity index (χ1v) is 10.8. The van der Waals surface area contributed by atoms with E-state index in [-0.39, 0.29) is 17.0 Å². The molecule has 0 aromatic heterocycles. The van der Waals surface area contributed by atoms with Crippen LogP contribution in [0.25, 0.3) is 11.3 Å². The Labute approximate surface area is 197 Å². The van der Waals surface area contributed by atoms with Gasteiger partial charge in [-0.2, -0.15) is 0 Å². The summed E-state index contributed by atoms with van der Waals surface area (Å²) in [6.45, 7) is 5.84. The van der Waals surface area contributed by atoms with E-state index in [4.69, 9.17) is 4.74 Å². The minimum atomic E-state index is -2.83. The van der Waals surface area contributed by atoms with Gasteiger partial charge in [0.05, 0.1) is 17.8 Å². The standard InChI is InChI=1S/C22H16BrF6NO.C2H6/c1-12-16(23)9-15(13-5-3-2-4-6-13)22(30(12)10-19(26)27)21-17(24)7-14(8-18(21)25)31-11-20(28)29;1-2/h2-9,19-20H,1,10-11H2;1-2H3. The molecule has 9 heteroatoms. The summed E-state index contributed by atoms with van der Waals surface area (Å²) in [4.78, 5) is 1.03. The average molecular weight is 534 g/mol. The maximum Gasteiger partial charge on any atom is 0.272 e. The molecule has 178 valence electrons. The van der Waals surface area contributed by atoms with Gasteiger partial charge in [0.2, 0.25) is 0 Å². The summed E-state index contributed by atoms with van der Waals surface area (Å²) in [5, 5.41) is 0. The Kier molecular flexibility index (Phi) is 9.64. The second kappa shape index (κ2) is 12.0. The zero-order chi connectivity index (χ0) is 24.7. The quantitative estimate of drug-likeness (QED) is 0.335. The molecule has 0 atom stereocenters. The molecule has 1 heterocycles. The highest BCUT2D eigenvalue weighted by atomic mass is 79.9. The summed E-state index contributed by atoms with van der Waals surface area (Å²) in [6, 6.07) is 9.93. The van der Waals surface area contributed by atoms with Crippen LogP contribution in [-0.4, -0.2) is 30.9 Å². The van der Waals surface area contributed by atoms with Crippen molar-refractivity contribution in [3.8, 4) is 5.75 Å².